The first-order valence-corrected chi connectivity index (χ1v) is 13.9. The molecule has 2 aliphatic rings. The van der Waals surface area contributed by atoms with Crippen LogP contribution in [0.2, 0.25) is 0 Å². The highest BCUT2D eigenvalue weighted by atomic mass is 15.2. The number of aromatic nitrogens is 2. The van der Waals surface area contributed by atoms with E-state index in [1.54, 1.807) is 0 Å². The monoisotopic (exact) mass is 473 g/mol. The molecule has 0 spiro atoms. The number of fused-ring (bicyclic) bond motifs is 7. The summed E-state index contributed by atoms with van der Waals surface area (Å²) >= 11 is 0. The first kappa shape index (κ1) is 22.1. The smallest absolute Gasteiger partial charge is 0.223 e. The molecule has 2 bridgehead atoms. The van der Waals surface area contributed by atoms with Gasteiger partial charge in [0.2, 0.25) is 0 Å². The lowest BCUT2D eigenvalue weighted by atomic mass is 9.61. The fourth-order valence-electron chi connectivity index (χ4n) is 7.82. The Hall–Kier alpha value is -3.13. The summed E-state index contributed by atoms with van der Waals surface area (Å²) in [4.78, 5) is 0. The van der Waals surface area contributed by atoms with Crippen molar-refractivity contribution in [2.24, 2.45) is 0 Å². The first-order chi connectivity index (χ1) is 17.3. The van der Waals surface area contributed by atoms with E-state index in [0.29, 0.717) is 11.8 Å². The molecule has 2 nitrogen and oxygen atoms in total. The predicted molar refractivity (Wildman–Crippen MR) is 151 cm³/mol. The third-order valence-corrected chi connectivity index (χ3v) is 10.3. The van der Waals surface area contributed by atoms with Crippen LogP contribution in [0, 0.1) is 0 Å². The zero-order valence-electron chi connectivity index (χ0n) is 22.5. The molecular weight excluding hydrogens is 436 g/mol. The number of hydrogen-bond donors (Lipinski definition) is 0. The second-order valence-corrected chi connectivity index (χ2v) is 12.2. The summed E-state index contributed by atoms with van der Waals surface area (Å²) < 4.78 is 5.34. The average Bonchev–Trinajstić information content (AvgIpc) is 3.32. The molecule has 7 rings (SSSR count). The van der Waals surface area contributed by atoms with Gasteiger partial charge in [-0.2, -0.15) is 4.40 Å². The first-order valence-electron chi connectivity index (χ1n) is 13.9. The molecule has 0 fully saturated rings. The Kier molecular flexibility index (Phi) is 4.43. The number of rotatable bonds is 2. The maximum Gasteiger partial charge on any atom is 0.296 e. The number of benzene rings is 3. The molecule has 0 radical (unpaired) electrons. The molecule has 5 aromatic rings. The van der Waals surface area contributed by atoms with Gasteiger partial charge in [-0.05, 0) is 60.8 Å². The number of para-hydroxylation sites is 1. The third kappa shape index (κ3) is 2.46. The number of nitrogens with zero attached hydrogens (tertiary/aromatic N) is 2. The molecular formula is C34H37N2+. The van der Waals surface area contributed by atoms with E-state index < -0.39 is 0 Å². The predicted octanol–water partition coefficient (Wildman–Crippen LogP) is 8.62. The van der Waals surface area contributed by atoms with Crippen molar-refractivity contribution in [2.75, 3.05) is 0 Å². The molecule has 2 heteroatoms. The number of pyridine rings is 1. The molecule has 3 unspecified atom stereocenters. The molecule has 4 heterocycles. The Morgan fingerprint density at radius 3 is 2.50 bits per heavy atom. The fraction of sp³-hybridized carbons (Fsp3) is 0.382. The van der Waals surface area contributed by atoms with Crippen molar-refractivity contribution in [3.63, 3.8) is 0 Å². The van der Waals surface area contributed by atoms with Gasteiger partial charge in [0, 0.05) is 21.8 Å². The maximum absolute atomic E-state index is 2.71. The Morgan fingerprint density at radius 2 is 1.72 bits per heavy atom. The van der Waals surface area contributed by atoms with Gasteiger partial charge in [0.1, 0.15) is 17.3 Å². The van der Waals surface area contributed by atoms with Crippen LogP contribution in [0.25, 0.3) is 38.6 Å². The molecule has 0 saturated carbocycles. The Morgan fingerprint density at radius 1 is 0.972 bits per heavy atom. The van der Waals surface area contributed by atoms with Crippen molar-refractivity contribution in [1.82, 2.24) is 4.40 Å². The molecule has 0 aliphatic carbocycles. The van der Waals surface area contributed by atoms with Gasteiger partial charge in [-0.15, -0.1) is 0 Å². The van der Waals surface area contributed by atoms with Gasteiger partial charge >= 0.3 is 0 Å². The molecule has 182 valence electrons. The van der Waals surface area contributed by atoms with Gasteiger partial charge in [0.05, 0.1) is 5.39 Å². The van der Waals surface area contributed by atoms with Gasteiger partial charge in [0.25, 0.3) is 5.65 Å². The van der Waals surface area contributed by atoms with Crippen molar-refractivity contribution in [2.45, 2.75) is 83.6 Å². The van der Waals surface area contributed by atoms with Crippen LogP contribution in [0.5, 0.6) is 0 Å². The summed E-state index contributed by atoms with van der Waals surface area (Å²) in [5.41, 5.74) is 10.0. The van der Waals surface area contributed by atoms with E-state index in [-0.39, 0.29) is 11.0 Å². The van der Waals surface area contributed by atoms with E-state index >= 15 is 0 Å². The van der Waals surface area contributed by atoms with Crippen LogP contribution in [-0.2, 0) is 11.0 Å². The van der Waals surface area contributed by atoms with E-state index in [1.165, 1.54) is 61.7 Å². The zero-order chi connectivity index (χ0) is 25.0. The van der Waals surface area contributed by atoms with Crippen molar-refractivity contribution >= 4 is 27.3 Å². The highest BCUT2D eigenvalue weighted by Crippen LogP contribution is 2.53. The van der Waals surface area contributed by atoms with Gasteiger partial charge in [-0.25, -0.2) is 4.57 Å². The molecule has 2 aliphatic heterocycles. The summed E-state index contributed by atoms with van der Waals surface area (Å²) in [7, 11) is 0. The summed E-state index contributed by atoms with van der Waals surface area (Å²) in [6.07, 6.45) is 6.01. The van der Waals surface area contributed by atoms with Crippen LogP contribution in [0.3, 0.4) is 0 Å². The van der Waals surface area contributed by atoms with Crippen LogP contribution in [0.1, 0.15) is 89.3 Å². The topological polar surface area (TPSA) is 8.29 Å². The molecule has 3 atom stereocenters. The van der Waals surface area contributed by atoms with Crippen LogP contribution in [-0.4, -0.2) is 4.40 Å². The number of imidazole rings is 1. The SMILES string of the molecule is CCC1(C)c2cccc3c4ccccc4n4c5c[n+](c4c23)C1(C)CCC(C)c1cccc(C(C)C)c1-5. The van der Waals surface area contributed by atoms with E-state index in [0.717, 1.165) is 12.8 Å². The molecule has 0 N–H and O–H groups in total. The van der Waals surface area contributed by atoms with Crippen molar-refractivity contribution in [3.8, 4) is 11.3 Å². The van der Waals surface area contributed by atoms with Gasteiger partial charge < -0.3 is 0 Å². The van der Waals surface area contributed by atoms with Gasteiger partial charge in [-0.3, -0.25) is 0 Å². The van der Waals surface area contributed by atoms with Crippen molar-refractivity contribution in [1.29, 1.82) is 0 Å². The lowest BCUT2D eigenvalue weighted by Gasteiger charge is -2.47. The summed E-state index contributed by atoms with van der Waals surface area (Å²) in [6.45, 7) is 14.6. The van der Waals surface area contributed by atoms with E-state index in [9.17, 15) is 0 Å². The van der Waals surface area contributed by atoms with Crippen LogP contribution < -0.4 is 4.57 Å². The van der Waals surface area contributed by atoms with E-state index in [4.69, 9.17) is 0 Å². The lowest BCUT2D eigenvalue weighted by molar-refractivity contribution is -0.750. The largest absolute Gasteiger partial charge is 0.296 e. The molecule has 3 aromatic carbocycles. The molecule has 0 saturated heterocycles. The van der Waals surface area contributed by atoms with Gasteiger partial charge in [0.15, 0.2) is 5.69 Å². The zero-order valence-corrected chi connectivity index (χ0v) is 22.5. The number of hydrogen-bond acceptors (Lipinski definition) is 0. The average molecular weight is 474 g/mol. The van der Waals surface area contributed by atoms with Crippen LogP contribution in [0.15, 0.2) is 66.9 Å². The quantitative estimate of drug-likeness (QED) is 0.179. The minimum atomic E-state index is -0.0106. The Balaban J connectivity index is 1.82. The molecule has 0 amide bonds. The van der Waals surface area contributed by atoms with Crippen LogP contribution in [0.4, 0.5) is 0 Å². The molecule has 2 aromatic heterocycles. The highest BCUT2D eigenvalue weighted by molar-refractivity contribution is 6.13. The van der Waals surface area contributed by atoms with Gasteiger partial charge in [-0.1, -0.05) is 89.2 Å². The second kappa shape index (κ2) is 7.22. The summed E-state index contributed by atoms with van der Waals surface area (Å²) in [5.74, 6) is 0.973. The maximum atomic E-state index is 2.71. The van der Waals surface area contributed by atoms with E-state index in [2.05, 4.69) is 117 Å². The summed E-state index contributed by atoms with van der Waals surface area (Å²) in [5, 5.41) is 4.18. The normalized spacial score (nSPS) is 25.0. The lowest BCUT2D eigenvalue weighted by Crippen LogP contribution is -2.66. The second-order valence-electron chi connectivity index (χ2n) is 12.2. The van der Waals surface area contributed by atoms with Crippen LogP contribution >= 0.6 is 0 Å². The molecule has 36 heavy (non-hydrogen) atoms. The summed E-state index contributed by atoms with van der Waals surface area (Å²) in [6, 6.07) is 23.2. The minimum Gasteiger partial charge on any atom is -0.223 e. The van der Waals surface area contributed by atoms with Crippen molar-refractivity contribution in [3.05, 3.63) is 83.6 Å². The third-order valence-electron chi connectivity index (χ3n) is 10.3. The standard InChI is InChI=1S/C34H37N2/c1-7-33(5)27-16-11-15-26-25-12-8-9-17-28(25)36-29-20-35(32(36)31(26)27)34(33,6)19-18-22(4)24-14-10-13-23(21(2)3)30(24)29/h8-17,20-22H,7,18-19H2,1-6H3/q+1. The minimum absolute atomic E-state index is 0.0106. The Bertz CT molecular complexity index is 1700. The Labute approximate surface area is 214 Å². The fourth-order valence-corrected chi connectivity index (χ4v) is 7.82. The van der Waals surface area contributed by atoms with Crippen molar-refractivity contribution < 1.29 is 4.57 Å². The highest BCUT2D eigenvalue weighted by Gasteiger charge is 2.55. The van der Waals surface area contributed by atoms with E-state index in [1.807, 2.05) is 0 Å².